The first-order chi connectivity index (χ1) is 8.25. The van der Waals surface area contributed by atoms with Gasteiger partial charge < -0.3 is 10.5 Å². The Bertz CT molecular complexity index is 430. The van der Waals surface area contributed by atoms with Crippen molar-refractivity contribution in [2.45, 2.75) is 31.4 Å². The van der Waals surface area contributed by atoms with Gasteiger partial charge in [0, 0.05) is 12.1 Å². The maximum atomic E-state index is 15.0. The van der Waals surface area contributed by atoms with Crippen LogP contribution in [-0.4, -0.2) is 13.2 Å². The second kappa shape index (κ2) is 3.98. The lowest BCUT2D eigenvalue weighted by Gasteiger charge is -2.29. The van der Waals surface area contributed by atoms with Crippen LogP contribution < -0.4 is 10.5 Å². The summed E-state index contributed by atoms with van der Waals surface area (Å²) in [6, 6.07) is 5.80. The predicted molar refractivity (Wildman–Crippen MR) is 64.8 cm³/mol. The lowest BCUT2D eigenvalue weighted by Crippen LogP contribution is -2.33. The van der Waals surface area contributed by atoms with Crippen molar-refractivity contribution in [3.05, 3.63) is 29.3 Å². The monoisotopic (exact) mass is 235 g/mol. The van der Waals surface area contributed by atoms with Crippen LogP contribution in [0.1, 0.15) is 30.4 Å². The van der Waals surface area contributed by atoms with Crippen LogP contribution in [0.3, 0.4) is 0 Å². The van der Waals surface area contributed by atoms with Gasteiger partial charge in [0.2, 0.25) is 0 Å². The quantitative estimate of drug-likeness (QED) is 0.873. The molecule has 1 aromatic rings. The fourth-order valence-electron chi connectivity index (χ4n) is 2.75. The van der Waals surface area contributed by atoms with E-state index in [4.69, 9.17) is 10.5 Å². The first kappa shape index (κ1) is 11.0. The molecule has 17 heavy (non-hydrogen) atoms. The van der Waals surface area contributed by atoms with E-state index in [0.717, 1.165) is 37.0 Å². The van der Waals surface area contributed by atoms with Crippen LogP contribution >= 0.6 is 0 Å². The molecule has 2 aliphatic rings. The third-order valence-corrected chi connectivity index (χ3v) is 3.90. The first-order valence-corrected chi connectivity index (χ1v) is 6.40. The minimum Gasteiger partial charge on any atom is -0.493 e. The normalized spacial score (nSPS) is 22.5. The zero-order chi connectivity index (χ0) is 11.9. The summed E-state index contributed by atoms with van der Waals surface area (Å²) in [5.74, 6) is 0.850. The summed E-state index contributed by atoms with van der Waals surface area (Å²) >= 11 is 0. The summed E-state index contributed by atoms with van der Waals surface area (Å²) in [4.78, 5) is 0. The molecule has 1 atom stereocenters. The number of alkyl halides is 1. The number of para-hydroxylation sites is 1. The van der Waals surface area contributed by atoms with Gasteiger partial charge >= 0.3 is 0 Å². The van der Waals surface area contributed by atoms with E-state index in [9.17, 15) is 0 Å². The summed E-state index contributed by atoms with van der Waals surface area (Å²) in [6.45, 7) is 0.743. The lowest BCUT2D eigenvalue weighted by molar-refractivity contribution is 0.134. The van der Waals surface area contributed by atoms with E-state index in [1.807, 2.05) is 18.2 Å². The number of ether oxygens (including phenoxy) is 1. The van der Waals surface area contributed by atoms with Crippen molar-refractivity contribution in [1.29, 1.82) is 0 Å². The van der Waals surface area contributed by atoms with Crippen molar-refractivity contribution < 1.29 is 9.13 Å². The molecule has 92 valence electrons. The smallest absolute Gasteiger partial charge is 0.154 e. The van der Waals surface area contributed by atoms with E-state index in [0.29, 0.717) is 12.2 Å². The largest absolute Gasteiger partial charge is 0.493 e. The molecule has 1 aromatic carbocycles. The molecule has 1 aliphatic carbocycles. The average molecular weight is 235 g/mol. The van der Waals surface area contributed by atoms with E-state index in [-0.39, 0.29) is 12.5 Å². The number of fused-ring (bicyclic) bond motifs is 1. The highest BCUT2D eigenvalue weighted by atomic mass is 19.1. The lowest BCUT2D eigenvalue weighted by atomic mass is 9.87. The van der Waals surface area contributed by atoms with Crippen LogP contribution in [0, 0.1) is 5.92 Å². The average Bonchev–Trinajstić information content (AvgIpc) is 3.22. The highest BCUT2D eigenvalue weighted by Crippen LogP contribution is 2.51. The summed E-state index contributed by atoms with van der Waals surface area (Å²) < 4.78 is 20.7. The molecule has 3 rings (SSSR count). The van der Waals surface area contributed by atoms with Crippen molar-refractivity contribution >= 4 is 0 Å². The number of rotatable bonds is 3. The molecule has 1 saturated carbocycles. The van der Waals surface area contributed by atoms with Crippen molar-refractivity contribution in [1.82, 2.24) is 0 Å². The van der Waals surface area contributed by atoms with Gasteiger partial charge in [-0.25, -0.2) is 4.39 Å². The Hall–Kier alpha value is -1.09. The standard InChI is InChI=1S/C14H18FNO/c15-14(9-16,11-6-7-11)12-5-1-3-10-4-2-8-17-13(10)12/h1,3,5,11H,2,4,6-9,16H2. The number of nitrogens with two attached hydrogens (primary N) is 1. The molecule has 2 nitrogen and oxygen atoms in total. The van der Waals surface area contributed by atoms with Gasteiger partial charge in [0.1, 0.15) is 5.75 Å². The van der Waals surface area contributed by atoms with Gasteiger partial charge in [0.05, 0.1) is 6.61 Å². The van der Waals surface area contributed by atoms with Gasteiger partial charge in [-0.1, -0.05) is 18.2 Å². The molecule has 0 bridgehead atoms. The minimum absolute atomic E-state index is 0.0531. The van der Waals surface area contributed by atoms with E-state index < -0.39 is 5.67 Å². The van der Waals surface area contributed by atoms with E-state index in [1.165, 1.54) is 0 Å². The molecule has 0 aromatic heterocycles. The Morgan fingerprint density at radius 1 is 1.41 bits per heavy atom. The number of halogens is 1. The summed E-state index contributed by atoms with van der Waals surface area (Å²) in [6.07, 6.45) is 3.88. The van der Waals surface area contributed by atoms with Crippen molar-refractivity contribution in [2.24, 2.45) is 11.7 Å². The number of benzene rings is 1. The molecule has 1 fully saturated rings. The molecular weight excluding hydrogens is 217 g/mol. The third kappa shape index (κ3) is 1.73. The summed E-state index contributed by atoms with van der Waals surface area (Å²) in [7, 11) is 0. The van der Waals surface area contributed by atoms with E-state index >= 15 is 4.39 Å². The Morgan fingerprint density at radius 3 is 2.94 bits per heavy atom. The van der Waals surface area contributed by atoms with Crippen molar-refractivity contribution in [2.75, 3.05) is 13.2 Å². The van der Waals surface area contributed by atoms with Gasteiger partial charge in [0.15, 0.2) is 5.67 Å². The SMILES string of the molecule is NCC(F)(c1cccc2c1OCCC2)C1CC1. The predicted octanol–water partition coefficient (Wildman–Crippen LogP) is 2.55. The highest BCUT2D eigenvalue weighted by Gasteiger charge is 2.48. The second-order valence-corrected chi connectivity index (χ2v) is 5.09. The van der Waals surface area contributed by atoms with Crippen LogP contribution in [0.4, 0.5) is 4.39 Å². The summed E-state index contributed by atoms with van der Waals surface area (Å²) in [5, 5.41) is 0. The van der Waals surface area contributed by atoms with E-state index in [1.54, 1.807) is 0 Å². The van der Waals surface area contributed by atoms with Gasteiger partial charge in [-0.2, -0.15) is 0 Å². The fourth-order valence-corrected chi connectivity index (χ4v) is 2.75. The third-order valence-electron chi connectivity index (χ3n) is 3.90. The molecule has 1 heterocycles. The zero-order valence-electron chi connectivity index (χ0n) is 9.92. The molecule has 0 saturated heterocycles. The number of hydrogen-bond donors (Lipinski definition) is 1. The Labute approximate surface area is 101 Å². The zero-order valence-corrected chi connectivity index (χ0v) is 9.92. The van der Waals surface area contributed by atoms with Crippen LogP contribution in [0.2, 0.25) is 0 Å². The van der Waals surface area contributed by atoms with Crippen LogP contribution in [0.25, 0.3) is 0 Å². The van der Waals surface area contributed by atoms with Gasteiger partial charge in [-0.15, -0.1) is 0 Å². The molecule has 0 amide bonds. The first-order valence-electron chi connectivity index (χ1n) is 6.40. The topological polar surface area (TPSA) is 35.2 Å². The van der Waals surface area contributed by atoms with Crippen molar-refractivity contribution in [3.63, 3.8) is 0 Å². The fraction of sp³-hybridized carbons (Fsp3) is 0.571. The Kier molecular flexibility index (Phi) is 2.58. The van der Waals surface area contributed by atoms with Gasteiger partial charge in [-0.3, -0.25) is 0 Å². The molecular formula is C14H18FNO. The molecule has 2 N–H and O–H groups in total. The number of aryl methyl sites for hydroxylation is 1. The van der Waals surface area contributed by atoms with Crippen molar-refractivity contribution in [3.8, 4) is 5.75 Å². The van der Waals surface area contributed by atoms with Crippen LogP contribution in [-0.2, 0) is 12.1 Å². The Morgan fingerprint density at radius 2 is 2.24 bits per heavy atom. The van der Waals surface area contributed by atoms with Gasteiger partial charge in [0.25, 0.3) is 0 Å². The van der Waals surface area contributed by atoms with Crippen LogP contribution in [0.15, 0.2) is 18.2 Å². The van der Waals surface area contributed by atoms with Gasteiger partial charge in [-0.05, 0) is 37.2 Å². The minimum atomic E-state index is -1.39. The molecule has 3 heteroatoms. The molecule has 1 unspecified atom stereocenters. The molecule has 0 radical (unpaired) electrons. The highest BCUT2D eigenvalue weighted by molar-refractivity contribution is 5.47. The number of hydrogen-bond acceptors (Lipinski definition) is 2. The summed E-state index contributed by atoms with van der Waals surface area (Å²) in [5.41, 5.74) is 6.11. The van der Waals surface area contributed by atoms with Crippen LogP contribution in [0.5, 0.6) is 5.75 Å². The maximum Gasteiger partial charge on any atom is 0.154 e. The second-order valence-electron chi connectivity index (χ2n) is 5.09. The van der Waals surface area contributed by atoms with E-state index in [2.05, 4.69) is 0 Å². The maximum absolute atomic E-state index is 15.0. The Balaban J connectivity index is 2.07. The molecule has 1 aliphatic heterocycles. The molecule has 0 spiro atoms.